The van der Waals surface area contributed by atoms with Gasteiger partial charge in [-0.1, -0.05) is 12.1 Å². The molecule has 31 heavy (non-hydrogen) atoms. The lowest BCUT2D eigenvalue weighted by Crippen LogP contribution is -2.42. The zero-order chi connectivity index (χ0) is 22.8. The Morgan fingerprint density at radius 1 is 1.19 bits per heavy atom. The van der Waals surface area contributed by atoms with Crippen LogP contribution in [0.25, 0.3) is 0 Å². The molecule has 1 aliphatic rings. The van der Waals surface area contributed by atoms with E-state index in [1.54, 1.807) is 43.0 Å². The number of alkyl halides is 3. The van der Waals surface area contributed by atoms with E-state index in [0.29, 0.717) is 23.7 Å². The number of amides is 3. The molecule has 9 heteroatoms. The molecule has 0 aromatic heterocycles. The number of anilines is 3. The maximum atomic E-state index is 12.8. The minimum atomic E-state index is -4.51. The molecule has 1 aliphatic heterocycles. The van der Waals surface area contributed by atoms with Crippen LogP contribution >= 0.6 is 0 Å². The Balaban J connectivity index is 1.79. The lowest BCUT2D eigenvalue weighted by Gasteiger charge is -2.27. The third-order valence-corrected chi connectivity index (χ3v) is 4.68. The number of ether oxygens (including phenoxy) is 1. The number of urea groups is 1. The minimum Gasteiger partial charge on any atom is -0.490 e. The Bertz CT molecular complexity index is 1020. The molecule has 1 heterocycles. The predicted octanol–water partition coefficient (Wildman–Crippen LogP) is 5.29. The zero-order valence-electron chi connectivity index (χ0n) is 17.0. The molecule has 2 N–H and O–H groups in total. The van der Waals surface area contributed by atoms with Gasteiger partial charge in [-0.05, 0) is 44.2 Å². The molecule has 0 fully saturated rings. The predicted molar refractivity (Wildman–Crippen MR) is 112 cm³/mol. The second-order valence-corrected chi connectivity index (χ2v) is 7.72. The summed E-state index contributed by atoms with van der Waals surface area (Å²) in [5.41, 5.74) is -0.717. The first kappa shape index (κ1) is 22.2. The summed E-state index contributed by atoms with van der Waals surface area (Å²) in [5.74, 6) is 0.284. The molecule has 0 bridgehead atoms. The number of nitrogens with zero attached hydrogens (tertiary/aromatic N) is 1. The number of nitrogens with one attached hydrogen (secondary N) is 2. The number of carbonyl (C=O) groups is 2. The first-order valence-electron chi connectivity index (χ1n) is 9.46. The van der Waals surface area contributed by atoms with Gasteiger partial charge in [-0.2, -0.15) is 13.2 Å². The van der Waals surface area contributed by atoms with Gasteiger partial charge in [0.2, 0.25) is 5.91 Å². The van der Waals surface area contributed by atoms with Crippen LogP contribution in [-0.2, 0) is 11.0 Å². The fourth-order valence-corrected chi connectivity index (χ4v) is 3.10. The maximum absolute atomic E-state index is 12.8. The van der Waals surface area contributed by atoms with E-state index in [0.717, 1.165) is 12.1 Å². The Morgan fingerprint density at radius 3 is 2.52 bits per heavy atom. The van der Waals surface area contributed by atoms with Crippen LogP contribution in [0.4, 0.5) is 35.0 Å². The third kappa shape index (κ3) is 4.99. The lowest BCUT2D eigenvalue weighted by molar-refractivity contribution is -0.137. The normalized spacial score (nSPS) is 15.4. The van der Waals surface area contributed by atoms with Crippen LogP contribution in [0, 0.1) is 5.41 Å². The van der Waals surface area contributed by atoms with Gasteiger partial charge in [-0.25, -0.2) is 4.79 Å². The van der Waals surface area contributed by atoms with E-state index >= 15 is 0 Å². The molecule has 3 amide bonds. The highest BCUT2D eigenvalue weighted by Crippen LogP contribution is 2.38. The first-order chi connectivity index (χ1) is 14.5. The van der Waals surface area contributed by atoms with Crippen molar-refractivity contribution in [3.63, 3.8) is 0 Å². The summed E-state index contributed by atoms with van der Waals surface area (Å²) < 4.78 is 44.3. The smallest absolute Gasteiger partial charge is 0.416 e. The fourth-order valence-electron chi connectivity index (χ4n) is 3.10. The van der Waals surface area contributed by atoms with Crippen molar-refractivity contribution in [2.24, 2.45) is 5.41 Å². The Labute approximate surface area is 177 Å². The highest BCUT2D eigenvalue weighted by Gasteiger charge is 2.37. The molecule has 164 valence electrons. The van der Waals surface area contributed by atoms with Crippen LogP contribution in [0.3, 0.4) is 0 Å². The first-order valence-corrected chi connectivity index (χ1v) is 9.46. The summed E-state index contributed by atoms with van der Waals surface area (Å²) in [6, 6.07) is 8.40. The van der Waals surface area contributed by atoms with Crippen LogP contribution in [-0.4, -0.2) is 25.1 Å². The van der Waals surface area contributed by atoms with Gasteiger partial charge in [0.15, 0.2) is 0 Å². The van der Waals surface area contributed by atoms with Crippen LogP contribution in [0.1, 0.15) is 19.4 Å². The summed E-state index contributed by atoms with van der Waals surface area (Å²) in [6.45, 7) is 7.68. The highest BCUT2D eigenvalue weighted by atomic mass is 19.4. The quantitative estimate of drug-likeness (QED) is 0.644. The van der Waals surface area contributed by atoms with Crippen LogP contribution in [0.5, 0.6) is 5.75 Å². The molecule has 0 saturated carbocycles. The fraction of sp³-hybridized carbons (Fsp3) is 0.273. The minimum absolute atomic E-state index is 0.00263. The number of halogens is 3. The van der Waals surface area contributed by atoms with Crippen molar-refractivity contribution in [3.8, 4) is 5.75 Å². The second-order valence-electron chi connectivity index (χ2n) is 7.72. The van der Waals surface area contributed by atoms with Gasteiger partial charge >= 0.3 is 12.2 Å². The number of hydrogen-bond acceptors (Lipinski definition) is 3. The molecule has 2 aromatic rings. The van der Waals surface area contributed by atoms with E-state index in [1.165, 1.54) is 12.1 Å². The molecule has 0 saturated heterocycles. The van der Waals surface area contributed by atoms with E-state index < -0.39 is 23.2 Å². The van der Waals surface area contributed by atoms with Crippen molar-refractivity contribution < 1.29 is 27.5 Å². The summed E-state index contributed by atoms with van der Waals surface area (Å²) >= 11 is 0. The average Bonchev–Trinajstić information content (AvgIpc) is 2.78. The number of rotatable bonds is 4. The molecule has 0 unspecified atom stereocenters. The summed E-state index contributed by atoms with van der Waals surface area (Å²) in [6.07, 6.45) is -2.90. The molecule has 0 aliphatic carbocycles. The summed E-state index contributed by atoms with van der Waals surface area (Å²) in [5, 5.41) is 4.94. The number of hydrogen-bond donors (Lipinski definition) is 2. The molecule has 0 radical (unpaired) electrons. The van der Waals surface area contributed by atoms with Crippen molar-refractivity contribution in [3.05, 3.63) is 60.7 Å². The Morgan fingerprint density at radius 2 is 1.87 bits per heavy atom. The van der Waals surface area contributed by atoms with Crippen molar-refractivity contribution in [2.75, 3.05) is 28.7 Å². The second kappa shape index (κ2) is 8.33. The molecule has 0 spiro atoms. The van der Waals surface area contributed by atoms with Crippen LogP contribution in [0.2, 0.25) is 0 Å². The number of fused-ring (bicyclic) bond motifs is 1. The SMILES string of the molecule is C=CCN1C(=O)C(C)(C)COc2cc(NC(=O)Nc3cccc(C(F)(F)F)c3)ccc21. The highest BCUT2D eigenvalue weighted by molar-refractivity contribution is 6.02. The van der Waals surface area contributed by atoms with E-state index in [1.807, 2.05) is 0 Å². The van der Waals surface area contributed by atoms with Gasteiger partial charge in [-0.15, -0.1) is 6.58 Å². The summed E-state index contributed by atoms with van der Waals surface area (Å²) in [7, 11) is 0. The van der Waals surface area contributed by atoms with Gasteiger partial charge in [0.1, 0.15) is 12.4 Å². The summed E-state index contributed by atoms with van der Waals surface area (Å²) in [4.78, 5) is 26.7. The monoisotopic (exact) mass is 433 g/mol. The van der Waals surface area contributed by atoms with E-state index in [9.17, 15) is 22.8 Å². The zero-order valence-corrected chi connectivity index (χ0v) is 17.0. The molecular formula is C22H22F3N3O3. The van der Waals surface area contributed by atoms with Gasteiger partial charge in [0, 0.05) is 24.0 Å². The Hall–Kier alpha value is -3.49. The van der Waals surface area contributed by atoms with Gasteiger partial charge in [0.25, 0.3) is 0 Å². The van der Waals surface area contributed by atoms with Crippen molar-refractivity contribution in [2.45, 2.75) is 20.0 Å². The van der Waals surface area contributed by atoms with E-state index in [2.05, 4.69) is 17.2 Å². The maximum Gasteiger partial charge on any atom is 0.416 e. The van der Waals surface area contributed by atoms with E-state index in [4.69, 9.17) is 4.74 Å². The van der Waals surface area contributed by atoms with Crippen molar-refractivity contribution in [1.82, 2.24) is 0 Å². The van der Waals surface area contributed by atoms with Crippen molar-refractivity contribution >= 4 is 29.0 Å². The lowest BCUT2D eigenvalue weighted by atomic mass is 9.93. The molecule has 0 atom stereocenters. The van der Waals surface area contributed by atoms with Crippen LogP contribution in [0.15, 0.2) is 55.1 Å². The van der Waals surface area contributed by atoms with Gasteiger partial charge in [0.05, 0.1) is 16.7 Å². The topological polar surface area (TPSA) is 70.7 Å². The van der Waals surface area contributed by atoms with Gasteiger partial charge in [-0.3, -0.25) is 4.79 Å². The third-order valence-electron chi connectivity index (χ3n) is 4.68. The van der Waals surface area contributed by atoms with Gasteiger partial charge < -0.3 is 20.3 Å². The molecule has 6 nitrogen and oxygen atoms in total. The molecule has 2 aromatic carbocycles. The molecule has 3 rings (SSSR count). The largest absolute Gasteiger partial charge is 0.490 e. The number of carbonyl (C=O) groups excluding carboxylic acids is 2. The number of benzene rings is 2. The average molecular weight is 433 g/mol. The van der Waals surface area contributed by atoms with Crippen molar-refractivity contribution in [1.29, 1.82) is 0 Å². The molecular weight excluding hydrogens is 411 g/mol. The van der Waals surface area contributed by atoms with E-state index in [-0.39, 0.29) is 18.2 Å². The Kier molecular flexibility index (Phi) is 5.97. The standard InChI is InChI=1S/C22H22F3N3O3/c1-4-10-28-17-9-8-16(12-18(17)31-13-21(2,3)19(28)29)27-20(30)26-15-7-5-6-14(11-15)22(23,24)25/h4-9,11-12H,1,10,13H2,2-3H3,(H2,26,27,30). The van der Waals surface area contributed by atoms with Crippen LogP contribution < -0.4 is 20.3 Å².